The molecule has 1 aliphatic rings. The molecule has 1 saturated heterocycles. The van der Waals surface area contributed by atoms with Crippen LogP contribution in [0.2, 0.25) is 0 Å². The van der Waals surface area contributed by atoms with Crippen LogP contribution in [0, 0.1) is 12.8 Å². The molecular formula is C24H27NO4. The van der Waals surface area contributed by atoms with Crippen molar-refractivity contribution in [3.05, 3.63) is 65.4 Å². The van der Waals surface area contributed by atoms with Gasteiger partial charge in [0, 0.05) is 17.6 Å². The van der Waals surface area contributed by atoms with E-state index in [1.165, 1.54) is 0 Å². The van der Waals surface area contributed by atoms with Crippen molar-refractivity contribution >= 4 is 16.9 Å². The molecule has 1 N–H and O–H groups in total. The molecule has 1 amide bonds. The number of hydrogen-bond acceptors (Lipinski definition) is 4. The number of carbonyl (C=O) groups is 1. The minimum atomic E-state index is -0.237. The summed E-state index contributed by atoms with van der Waals surface area (Å²) >= 11 is 0. The lowest BCUT2D eigenvalue weighted by Crippen LogP contribution is -2.38. The molecule has 0 unspecified atom stereocenters. The number of benzene rings is 2. The quantitative estimate of drug-likeness (QED) is 0.655. The van der Waals surface area contributed by atoms with Gasteiger partial charge in [0.15, 0.2) is 0 Å². The zero-order chi connectivity index (χ0) is 20.4. The van der Waals surface area contributed by atoms with Gasteiger partial charge in [0.1, 0.15) is 17.1 Å². The fourth-order valence-corrected chi connectivity index (χ4v) is 4.17. The fourth-order valence-electron chi connectivity index (χ4n) is 4.17. The van der Waals surface area contributed by atoms with Crippen molar-refractivity contribution in [1.29, 1.82) is 0 Å². The van der Waals surface area contributed by atoms with E-state index in [0.29, 0.717) is 6.61 Å². The van der Waals surface area contributed by atoms with Gasteiger partial charge in [-0.1, -0.05) is 30.3 Å². The first kappa shape index (κ1) is 19.5. The van der Waals surface area contributed by atoms with E-state index in [9.17, 15) is 4.79 Å². The number of nitrogens with one attached hydrogen (secondary N) is 1. The van der Waals surface area contributed by atoms with Crippen molar-refractivity contribution < 1.29 is 18.7 Å². The molecule has 152 valence electrons. The number of carbonyl (C=O) groups excluding carboxylic acids is 1. The van der Waals surface area contributed by atoms with Crippen molar-refractivity contribution in [1.82, 2.24) is 5.32 Å². The summed E-state index contributed by atoms with van der Waals surface area (Å²) in [6.45, 7) is 4.66. The van der Waals surface area contributed by atoms with Crippen LogP contribution in [-0.2, 0) is 9.53 Å². The van der Waals surface area contributed by atoms with Crippen LogP contribution in [0.4, 0.5) is 0 Å². The van der Waals surface area contributed by atoms with Gasteiger partial charge in [-0.25, -0.2) is 0 Å². The van der Waals surface area contributed by atoms with Crippen molar-refractivity contribution in [3.63, 3.8) is 0 Å². The second-order valence-electron chi connectivity index (χ2n) is 7.63. The summed E-state index contributed by atoms with van der Waals surface area (Å²) in [5.41, 5.74) is 2.86. The number of fused-ring (bicyclic) bond motifs is 1. The van der Waals surface area contributed by atoms with Crippen LogP contribution in [-0.4, -0.2) is 19.6 Å². The minimum absolute atomic E-state index is 0.00323. The van der Waals surface area contributed by atoms with Gasteiger partial charge in [-0.3, -0.25) is 4.79 Å². The number of hydrogen-bond donors (Lipinski definition) is 1. The third kappa shape index (κ3) is 3.87. The van der Waals surface area contributed by atoms with Gasteiger partial charge in [-0.15, -0.1) is 0 Å². The lowest BCUT2D eigenvalue weighted by Gasteiger charge is -2.32. The van der Waals surface area contributed by atoms with E-state index < -0.39 is 0 Å². The average molecular weight is 393 g/mol. The molecule has 0 radical (unpaired) electrons. The SMILES string of the molecule is COc1ccc2oc([C@H](C)NC(=O)[C@@H]3CCCO[C@@H]3c3ccccc3)c(C)c2c1. The fraction of sp³-hybridized carbons (Fsp3) is 0.375. The Hall–Kier alpha value is -2.79. The molecule has 0 aliphatic carbocycles. The van der Waals surface area contributed by atoms with E-state index in [2.05, 4.69) is 5.32 Å². The van der Waals surface area contributed by atoms with Gasteiger partial charge in [-0.05, 0) is 50.5 Å². The van der Waals surface area contributed by atoms with Crippen LogP contribution in [0.3, 0.4) is 0 Å². The normalized spacial score (nSPS) is 20.4. The van der Waals surface area contributed by atoms with Crippen LogP contribution < -0.4 is 10.1 Å². The van der Waals surface area contributed by atoms with E-state index in [-0.39, 0.29) is 24.0 Å². The highest BCUT2D eigenvalue weighted by atomic mass is 16.5. The molecule has 4 rings (SSSR count). The summed E-state index contributed by atoms with van der Waals surface area (Å²) in [6, 6.07) is 15.5. The molecule has 2 heterocycles. The topological polar surface area (TPSA) is 60.7 Å². The highest BCUT2D eigenvalue weighted by Crippen LogP contribution is 2.35. The van der Waals surface area contributed by atoms with Crippen molar-refractivity contribution in [2.45, 2.75) is 38.8 Å². The van der Waals surface area contributed by atoms with E-state index >= 15 is 0 Å². The van der Waals surface area contributed by atoms with Crippen molar-refractivity contribution in [3.8, 4) is 5.75 Å². The number of rotatable bonds is 5. The number of methoxy groups -OCH3 is 1. The van der Waals surface area contributed by atoms with Crippen LogP contribution in [0.15, 0.2) is 52.9 Å². The van der Waals surface area contributed by atoms with E-state index in [0.717, 1.165) is 46.4 Å². The summed E-state index contributed by atoms with van der Waals surface area (Å²) in [6.07, 6.45) is 1.49. The molecule has 0 saturated carbocycles. The molecule has 0 bridgehead atoms. The second kappa shape index (κ2) is 8.29. The molecule has 5 heteroatoms. The number of ether oxygens (including phenoxy) is 2. The highest BCUT2D eigenvalue weighted by Gasteiger charge is 2.34. The van der Waals surface area contributed by atoms with Gasteiger partial charge in [0.2, 0.25) is 5.91 Å². The first-order valence-corrected chi connectivity index (χ1v) is 10.1. The van der Waals surface area contributed by atoms with E-state index in [4.69, 9.17) is 13.9 Å². The zero-order valence-corrected chi connectivity index (χ0v) is 17.1. The maximum Gasteiger partial charge on any atom is 0.226 e. The van der Waals surface area contributed by atoms with Crippen LogP contribution in [0.5, 0.6) is 5.75 Å². The molecule has 3 aromatic rings. The van der Waals surface area contributed by atoms with Gasteiger partial charge in [0.05, 0.1) is 25.2 Å². The maximum absolute atomic E-state index is 13.1. The summed E-state index contributed by atoms with van der Waals surface area (Å²) in [4.78, 5) is 13.1. The lowest BCUT2D eigenvalue weighted by molar-refractivity contribution is -0.135. The Bertz CT molecular complexity index is 995. The van der Waals surface area contributed by atoms with Gasteiger partial charge >= 0.3 is 0 Å². The average Bonchev–Trinajstić information content (AvgIpc) is 3.10. The minimum Gasteiger partial charge on any atom is -0.497 e. The van der Waals surface area contributed by atoms with E-state index in [1.807, 2.05) is 62.4 Å². The smallest absolute Gasteiger partial charge is 0.226 e. The number of aryl methyl sites for hydroxylation is 1. The Morgan fingerprint density at radius 3 is 2.76 bits per heavy atom. The Morgan fingerprint density at radius 1 is 1.21 bits per heavy atom. The van der Waals surface area contributed by atoms with Crippen molar-refractivity contribution in [2.75, 3.05) is 13.7 Å². The first-order valence-electron chi connectivity index (χ1n) is 10.1. The Labute approximate surface area is 171 Å². The molecule has 1 aliphatic heterocycles. The molecule has 1 fully saturated rings. The Morgan fingerprint density at radius 2 is 2.00 bits per heavy atom. The zero-order valence-electron chi connectivity index (χ0n) is 17.1. The Kier molecular flexibility index (Phi) is 5.58. The van der Waals surface area contributed by atoms with Crippen LogP contribution in [0.25, 0.3) is 11.0 Å². The summed E-state index contributed by atoms with van der Waals surface area (Å²) in [5.74, 6) is 1.35. The van der Waals surface area contributed by atoms with E-state index in [1.54, 1.807) is 7.11 Å². The molecule has 0 spiro atoms. The van der Waals surface area contributed by atoms with Gasteiger partial charge < -0.3 is 19.2 Å². The monoisotopic (exact) mass is 393 g/mol. The highest BCUT2D eigenvalue weighted by molar-refractivity contribution is 5.84. The largest absolute Gasteiger partial charge is 0.497 e. The molecular weight excluding hydrogens is 366 g/mol. The van der Waals surface area contributed by atoms with Gasteiger partial charge in [0.25, 0.3) is 0 Å². The molecule has 29 heavy (non-hydrogen) atoms. The number of furan rings is 1. The summed E-state index contributed by atoms with van der Waals surface area (Å²) in [5, 5.41) is 4.16. The third-order valence-electron chi connectivity index (χ3n) is 5.72. The molecule has 3 atom stereocenters. The predicted molar refractivity (Wildman–Crippen MR) is 112 cm³/mol. The summed E-state index contributed by atoms with van der Waals surface area (Å²) < 4.78 is 17.4. The van der Waals surface area contributed by atoms with Gasteiger partial charge in [-0.2, -0.15) is 0 Å². The van der Waals surface area contributed by atoms with Crippen molar-refractivity contribution in [2.24, 2.45) is 5.92 Å². The maximum atomic E-state index is 13.1. The molecule has 2 aromatic carbocycles. The van der Waals surface area contributed by atoms with Crippen LogP contribution >= 0.6 is 0 Å². The number of amides is 1. The standard InChI is InChI=1S/C24H27NO4/c1-15-20-14-18(27-3)11-12-21(20)29-22(15)16(2)25-24(26)19-10-7-13-28-23(19)17-8-5-4-6-9-17/h4-6,8-9,11-12,14,16,19,23H,7,10,13H2,1-3H3,(H,25,26)/t16-,19+,23+/m0/s1. The lowest BCUT2D eigenvalue weighted by atomic mass is 9.88. The predicted octanol–water partition coefficient (Wildman–Crippen LogP) is 5.09. The summed E-state index contributed by atoms with van der Waals surface area (Å²) in [7, 11) is 1.65. The molecule has 5 nitrogen and oxygen atoms in total. The third-order valence-corrected chi connectivity index (χ3v) is 5.72. The Balaban J connectivity index is 1.54. The first-order chi connectivity index (χ1) is 14.1. The van der Waals surface area contributed by atoms with Crippen LogP contribution in [0.1, 0.15) is 48.8 Å². The molecule has 1 aromatic heterocycles. The second-order valence-corrected chi connectivity index (χ2v) is 7.63.